The smallest absolute Gasteiger partial charge is 0.158 e. The number of benzene rings is 4. The molecule has 0 saturated heterocycles. The largest absolute Gasteiger partial charge is 0.207 e. The Balaban J connectivity index is 0.000000659. The van der Waals surface area contributed by atoms with Crippen LogP contribution in [0.2, 0.25) is 0 Å². The topological polar surface area (TPSA) is 0 Å². The summed E-state index contributed by atoms with van der Waals surface area (Å²) in [6.07, 6.45) is 7.01. The van der Waals surface area contributed by atoms with E-state index >= 15 is 35.1 Å². The Hall–Kier alpha value is -4.96. The molecule has 4 aromatic carbocycles. The number of halogens is 16. The maximum atomic E-state index is 15.3. The highest BCUT2D eigenvalue weighted by molar-refractivity contribution is 7.20. The summed E-state index contributed by atoms with van der Waals surface area (Å²) in [6.45, 7) is 0. The molecule has 1 aliphatic rings. The van der Waals surface area contributed by atoms with Gasteiger partial charge in [-0.1, -0.05) is 36.5 Å². The second-order valence-corrected chi connectivity index (χ2v) is 9.87. The van der Waals surface area contributed by atoms with Crippen molar-refractivity contribution < 1.29 is 70.2 Å². The van der Waals surface area contributed by atoms with Crippen LogP contribution in [0.15, 0.2) is 60.7 Å². The average molecular weight is 699 g/mol. The third kappa shape index (κ3) is 5.85. The van der Waals surface area contributed by atoms with E-state index in [2.05, 4.69) is 24.3 Å². The molecular weight excluding hydrogens is 687 g/mol. The van der Waals surface area contributed by atoms with Crippen LogP contribution < -0.4 is 21.9 Å². The average Bonchev–Trinajstić information content (AvgIpc) is 3.35. The molecule has 0 aromatic heterocycles. The van der Waals surface area contributed by atoms with E-state index < -0.39 is 145 Å². The zero-order chi connectivity index (χ0) is 35.8. The Morgan fingerprint density at radius 3 is 0.667 bits per heavy atom. The molecule has 0 amide bonds. The van der Waals surface area contributed by atoms with Crippen LogP contribution >= 0.6 is 0 Å². The monoisotopic (exact) mass is 699 g/mol. The fraction of sp³-hybridized carbons (Fsp3) is 0.0323. The van der Waals surface area contributed by atoms with Gasteiger partial charge in [0.1, 0.15) is 52.7 Å². The van der Waals surface area contributed by atoms with Gasteiger partial charge in [0.25, 0.3) is 0 Å². The molecule has 4 aromatic rings. The third-order valence-corrected chi connectivity index (χ3v) is 7.19. The normalized spacial score (nSPS) is 12.7. The molecule has 0 saturated carbocycles. The van der Waals surface area contributed by atoms with Gasteiger partial charge in [0.2, 0.25) is 0 Å². The quantitative estimate of drug-likeness (QED) is 0.119. The molecule has 0 bridgehead atoms. The zero-order valence-electron chi connectivity index (χ0n) is 23.1. The highest BCUT2D eigenvalue weighted by atomic mass is 19.2. The molecule has 0 fully saturated rings. The van der Waals surface area contributed by atoms with Crippen LogP contribution in [0.4, 0.5) is 70.2 Å². The van der Waals surface area contributed by atoms with Crippen molar-refractivity contribution in [1.29, 1.82) is 0 Å². The van der Waals surface area contributed by atoms with Crippen LogP contribution in [-0.2, 0) is 0 Å². The molecule has 0 heterocycles. The highest BCUT2D eigenvalue weighted by Crippen LogP contribution is 2.27. The van der Waals surface area contributed by atoms with Crippen LogP contribution in [0, 0.1) is 93.1 Å². The van der Waals surface area contributed by atoms with Crippen molar-refractivity contribution in [1.82, 2.24) is 0 Å². The Bertz CT molecular complexity index is 1650. The van der Waals surface area contributed by atoms with E-state index in [-0.39, 0.29) is 0 Å². The van der Waals surface area contributed by atoms with Gasteiger partial charge >= 0.3 is 0 Å². The molecule has 0 atom stereocenters. The van der Waals surface area contributed by atoms with Gasteiger partial charge in [-0.05, 0) is 6.42 Å². The molecule has 0 unspecified atom stereocenters. The lowest BCUT2D eigenvalue weighted by atomic mass is 9.12. The lowest BCUT2D eigenvalue weighted by molar-refractivity contribution is 0.452. The van der Waals surface area contributed by atoms with Crippen LogP contribution in [-0.4, -0.2) is 6.15 Å². The summed E-state index contributed by atoms with van der Waals surface area (Å²) in [5.74, 6) is -46.2. The van der Waals surface area contributed by atoms with E-state index in [0.717, 1.165) is 6.42 Å². The lowest BCUT2D eigenvalue weighted by Crippen LogP contribution is -2.81. The third-order valence-electron chi connectivity index (χ3n) is 7.19. The van der Waals surface area contributed by atoms with Gasteiger partial charge in [0.15, 0.2) is 46.5 Å². The molecule has 1 aliphatic carbocycles. The van der Waals surface area contributed by atoms with E-state index in [4.69, 9.17) is 0 Å². The van der Waals surface area contributed by atoms with Gasteiger partial charge in [-0.25, -0.2) is 70.2 Å². The standard InChI is InChI=1S/C24H4BF16.C7H8/c26-5-1-6(27)18(35)13(17(5)34)25(14-19(36)7(28)2-8(29)20(14)37,15-21(38)9(30)3-10(31)22(15)39)16-23(40)11(32)4-12(33)24(16)41;1-2-4-6-7-5-3-1/h1-4H;1-6H,7H2/q-1;. The SMILES string of the molecule is C1=CC=CCC=C1.Fc1cc(F)c(F)c([B-](c2c(F)c(F)cc(F)c2F)(c2c(F)c(F)cc(F)c2F)c2c(F)c(F)cc(F)c2F)c1F. The Morgan fingerprint density at radius 2 is 0.479 bits per heavy atom. The van der Waals surface area contributed by atoms with Gasteiger partial charge < -0.3 is 0 Å². The van der Waals surface area contributed by atoms with Crippen LogP contribution in [0.25, 0.3) is 0 Å². The highest BCUT2D eigenvalue weighted by Gasteiger charge is 2.50. The van der Waals surface area contributed by atoms with Gasteiger partial charge in [-0.2, -0.15) is 0 Å². The van der Waals surface area contributed by atoms with Crippen LogP contribution in [0.3, 0.4) is 0 Å². The van der Waals surface area contributed by atoms with Crippen molar-refractivity contribution in [3.63, 3.8) is 0 Å². The summed E-state index contributed by atoms with van der Waals surface area (Å²) in [5.41, 5.74) is -12.0. The summed E-state index contributed by atoms with van der Waals surface area (Å²) in [6, 6.07) is -2.76. The van der Waals surface area contributed by atoms with Crippen LogP contribution in [0.5, 0.6) is 0 Å². The van der Waals surface area contributed by atoms with Gasteiger partial charge in [0, 0.05) is 24.3 Å². The van der Waals surface area contributed by atoms with Crippen molar-refractivity contribution in [2.24, 2.45) is 0 Å². The van der Waals surface area contributed by atoms with E-state index in [0.29, 0.717) is 0 Å². The molecule has 252 valence electrons. The van der Waals surface area contributed by atoms with E-state index in [1.165, 1.54) is 0 Å². The number of hydrogen-bond acceptors (Lipinski definition) is 0. The fourth-order valence-corrected chi connectivity index (χ4v) is 5.27. The molecule has 0 nitrogen and oxygen atoms in total. The predicted octanol–water partition coefficient (Wildman–Crippen LogP) is 7.35. The minimum absolute atomic E-state index is 0.689. The molecule has 48 heavy (non-hydrogen) atoms. The molecule has 0 spiro atoms. The first-order chi connectivity index (χ1) is 22.5. The summed E-state index contributed by atoms with van der Waals surface area (Å²) in [4.78, 5) is 0. The van der Waals surface area contributed by atoms with E-state index in [1.54, 1.807) is 0 Å². The summed E-state index contributed by atoms with van der Waals surface area (Å²) in [7, 11) is 0. The minimum atomic E-state index is -6.49. The zero-order valence-corrected chi connectivity index (χ0v) is 23.1. The Kier molecular flexibility index (Phi) is 10.2. The Morgan fingerprint density at radius 1 is 0.292 bits per heavy atom. The van der Waals surface area contributed by atoms with Gasteiger partial charge in [-0.15, -0.1) is 21.9 Å². The summed E-state index contributed by atoms with van der Waals surface area (Å²) < 4.78 is 238. The maximum absolute atomic E-state index is 15.3. The summed E-state index contributed by atoms with van der Waals surface area (Å²) in [5, 5.41) is 0. The first kappa shape index (κ1) is 35.9. The van der Waals surface area contributed by atoms with E-state index in [1.807, 2.05) is 12.2 Å². The lowest BCUT2D eigenvalue weighted by Gasteiger charge is -2.44. The molecule has 0 aliphatic heterocycles. The van der Waals surface area contributed by atoms with Gasteiger partial charge in [-0.3, -0.25) is 0 Å². The van der Waals surface area contributed by atoms with E-state index in [9.17, 15) is 35.1 Å². The first-order valence-corrected chi connectivity index (χ1v) is 13.0. The second kappa shape index (κ2) is 13.6. The summed E-state index contributed by atoms with van der Waals surface area (Å²) >= 11 is 0. The molecule has 17 heteroatoms. The maximum Gasteiger partial charge on any atom is 0.158 e. The van der Waals surface area contributed by atoms with Crippen molar-refractivity contribution in [2.75, 3.05) is 0 Å². The number of hydrogen-bond donors (Lipinski definition) is 0. The number of rotatable bonds is 4. The van der Waals surface area contributed by atoms with Crippen LogP contribution in [0.1, 0.15) is 6.42 Å². The molecule has 0 N–H and O–H groups in total. The van der Waals surface area contributed by atoms with Crippen molar-refractivity contribution in [2.45, 2.75) is 6.42 Å². The van der Waals surface area contributed by atoms with Gasteiger partial charge in [0.05, 0.1) is 0 Å². The predicted molar refractivity (Wildman–Crippen MR) is 141 cm³/mol. The van der Waals surface area contributed by atoms with Crippen molar-refractivity contribution in [3.8, 4) is 0 Å². The number of allylic oxidation sites excluding steroid dienone is 6. The molecule has 5 rings (SSSR count). The molecule has 0 radical (unpaired) electrons. The van der Waals surface area contributed by atoms with Crippen molar-refractivity contribution in [3.05, 3.63) is 154 Å². The first-order valence-electron chi connectivity index (χ1n) is 13.0. The fourth-order valence-electron chi connectivity index (χ4n) is 5.27. The molecular formula is C31H12BF16-. The second-order valence-electron chi connectivity index (χ2n) is 9.87. The van der Waals surface area contributed by atoms with Crippen molar-refractivity contribution >= 4 is 28.0 Å². The Labute approximate surface area is 258 Å². The minimum Gasteiger partial charge on any atom is -0.207 e.